The fourth-order valence-electron chi connectivity index (χ4n) is 3.24. The van der Waals surface area contributed by atoms with Crippen molar-refractivity contribution in [3.05, 3.63) is 63.7 Å². The second-order valence-corrected chi connectivity index (χ2v) is 8.83. The van der Waals surface area contributed by atoms with Crippen molar-refractivity contribution in [2.75, 3.05) is 6.61 Å². The van der Waals surface area contributed by atoms with Gasteiger partial charge in [0.1, 0.15) is 0 Å². The van der Waals surface area contributed by atoms with Gasteiger partial charge in [-0.2, -0.15) is 0 Å². The molecule has 2 rings (SSSR count). The number of nitrogens with one attached hydrogen (secondary N) is 1. The SMILES string of the molecule is CCOC(=O)CC(NS(=O)(=O)c1c(C)c(C)cc(C)c1C)c1ccc(C)cc1. The number of hydrogen-bond acceptors (Lipinski definition) is 4. The Morgan fingerprint density at radius 3 is 2.04 bits per heavy atom. The van der Waals surface area contributed by atoms with Crippen LogP contribution in [0.25, 0.3) is 0 Å². The summed E-state index contributed by atoms with van der Waals surface area (Å²) in [4.78, 5) is 12.4. The molecule has 0 aromatic heterocycles. The van der Waals surface area contributed by atoms with Crippen LogP contribution in [0.4, 0.5) is 0 Å². The van der Waals surface area contributed by atoms with Crippen molar-refractivity contribution in [1.82, 2.24) is 4.72 Å². The molecule has 1 N–H and O–H groups in total. The number of carbonyl (C=O) groups excluding carboxylic acids is 1. The van der Waals surface area contributed by atoms with E-state index in [0.29, 0.717) is 0 Å². The Bertz CT molecular complexity index is 937. The lowest BCUT2D eigenvalue weighted by Gasteiger charge is -2.22. The van der Waals surface area contributed by atoms with Gasteiger partial charge in [-0.25, -0.2) is 13.1 Å². The molecule has 0 heterocycles. The lowest BCUT2D eigenvalue weighted by atomic mass is 10.0. The van der Waals surface area contributed by atoms with Gasteiger partial charge >= 0.3 is 5.97 Å². The van der Waals surface area contributed by atoms with Crippen molar-refractivity contribution < 1.29 is 17.9 Å². The number of ether oxygens (including phenoxy) is 1. The number of rotatable bonds is 7. The molecule has 0 saturated carbocycles. The maximum Gasteiger partial charge on any atom is 0.307 e. The molecule has 6 heteroatoms. The summed E-state index contributed by atoms with van der Waals surface area (Å²) in [5.74, 6) is -0.440. The van der Waals surface area contributed by atoms with Crippen molar-refractivity contribution in [2.45, 2.75) is 58.9 Å². The summed E-state index contributed by atoms with van der Waals surface area (Å²) in [5.41, 5.74) is 5.05. The van der Waals surface area contributed by atoms with E-state index in [4.69, 9.17) is 4.74 Å². The van der Waals surface area contributed by atoms with Gasteiger partial charge in [-0.15, -0.1) is 0 Å². The van der Waals surface area contributed by atoms with E-state index in [2.05, 4.69) is 4.72 Å². The van der Waals surface area contributed by atoms with Gasteiger partial charge in [-0.1, -0.05) is 35.9 Å². The third-order valence-corrected chi connectivity index (χ3v) is 6.76. The second-order valence-electron chi connectivity index (χ2n) is 7.18. The number of aryl methyl sites for hydroxylation is 3. The van der Waals surface area contributed by atoms with Crippen LogP contribution in [0.1, 0.15) is 52.8 Å². The minimum Gasteiger partial charge on any atom is -0.466 e. The molecule has 2 aromatic carbocycles. The molecule has 152 valence electrons. The summed E-state index contributed by atoms with van der Waals surface area (Å²) < 4.78 is 34.4. The van der Waals surface area contributed by atoms with Gasteiger partial charge in [0.2, 0.25) is 10.0 Å². The van der Waals surface area contributed by atoms with E-state index in [1.54, 1.807) is 6.92 Å². The lowest BCUT2D eigenvalue weighted by Crippen LogP contribution is -2.32. The summed E-state index contributed by atoms with van der Waals surface area (Å²) in [6, 6.07) is 8.75. The quantitative estimate of drug-likeness (QED) is 0.703. The minimum absolute atomic E-state index is 0.0704. The summed E-state index contributed by atoms with van der Waals surface area (Å²) in [5, 5.41) is 0. The van der Waals surface area contributed by atoms with E-state index in [9.17, 15) is 13.2 Å². The van der Waals surface area contributed by atoms with Crippen molar-refractivity contribution in [2.24, 2.45) is 0 Å². The van der Waals surface area contributed by atoms with Crippen LogP contribution in [0.5, 0.6) is 0 Å². The summed E-state index contributed by atoms with van der Waals surface area (Å²) in [7, 11) is -3.84. The van der Waals surface area contributed by atoms with E-state index >= 15 is 0 Å². The lowest BCUT2D eigenvalue weighted by molar-refractivity contribution is -0.143. The average molecular weight is 404 g/mol. The highest BCUT2D eigenvalue weighted by atomic mass is 32.2. The van der Waals surface area contributed by atoms with Gasteiger partial charge in [-0.05, 0) is 69.4 Å². The fourth-order valence-corrected chi connectivity index (χ4v) is 5.08. The average Bonchev–Trinajstić information content (AvgIpc) is 2.60. The standard InChI is InChI=1S/C22H29NO4S/c1-7-27-21(24)13-20(19-10-8-14(2)9-11-19)23-28(25,26)22-17(5)15(3)12-16(4)18(22)6/h8-12,20,23H,7,13H2,1-6H3. The molecule has 5 nitrogen and oxygen atoms in total. The number of esters is 1. The van der Waals surface area contributed by atoms with E-state index in [-0.39, 0.29) is 17.9 Å². The zero-order chi connectivity index (χ0) is 21.1. The first-order valence-electron chi connectivity index (χ1n) is 9.38. The maximum absolute atomic E-state index is 13.3. The zero-order valence-corrected chi connectivity index (χ0v) is 18.2. The number of sulfonamides is 1. The molecule has 0 aliphatic heterocycles. The predicted molar refractivity (Wildman–Crippen MR) is 111 cm³/mol. The molecule has 0 fully saturated rings. The molecule has 0 amide bonds. The van der Waals surface area contributed by atoms with Gasteiger partial charge in [0, 0.05) is 0 Å². The topological polar surface area (TPSA) is 72.5 Å². The molecule has 0 aliphatic carbocycles. The number of hydrogen-bond donors (Lipinski definition) is 1. The molecule has 0 saturated heterocycles. The second kappa shape index (κ2) is 8.88. The molecular formula is C22H29NO4S. The Labute approximate surface area is 168 Å². The third kappa shape index (κ3) is 5.00. The molecule has 0 aliphatic rings. The Morgan fingerprint density at radius 1 is 1.00 bits per heavy atom. The zero-order valence-electron chi connectivity index (χ0n) is 17.4. The van der Waals surface area contributed by atoms with Crippen LogP contribution in [0.2, 0.25) is 0 Å². The van der Waals surface area contributed by atoms with Gasteiger partial charge in [0.25, 0.3) is 0 Å². The van der Waals surface area contributed by atoms with Gasteiger partial charge in [0.05, 0.1) is 24.0 Å². The van der Waals surface area contributed by atoms with Crippen LogP contribution in [0, 0.1) is 34.6 Å². The molecule has 1 atom stereocenters. The van der Waals surface area contributed by atoms with E-state index in [1.165, 1.54) is 0 Å². The van der Waals surface area contributed by atoms with Crippen LogP contribution in [0.3, 0.4) is 0 Å². The number of benzene rings is 2. The van der Waals surface area contributed by atoms with Crippen LogP contribution in [-0.4, -0.2) is 21.0 Å². The molecule has 0 bridgehead atoms. The highest BCUT2D eigenvalue weighted by molar-refractivity contribution is 7.89. The first-order valence-corrected chi connectivity index (χ1v) is 10.9. The molecule has 28 heavy (non-hydrogen) atoms. The summed E-state index contributed by atoms with van der Waals surface area (Å²) in [6.45, 7) is 11.3. The highest BCUT2D eigenvalue weighted by Gasteiger charge is 2.27. The molecular weight excluding hydrogens is 374 g/mol. The number of carbonyl (C=O) groups is 1. The Balaban J connectivity index is 2.48. The van der Waals surface area contributed by atoms with Gasteiger partial charge in [-0.3, -0.25) is 4.79 Å². The molecule has 0 radical (unpaired) electrons. The molecule has 0 spiro atoms. The first kappa shape index (κ1) is 22.1. The highest BCUT2D eigenvalue weighted by Crippen LogP contribution is 2.28. The van der Waals surface area contributed by atoms with Crippen molar-refractivity contribution in [1.29, 1.82) is 0 Å². The summed E-state index contributed by atoms with van der Waals surface area (Å²) in [6.07, 6.45) is -0.0704. The Kier molecular flexibility index (Phi) is 7.01. The van der Waals surface area contributed by atoms with Crippen molar-refractivity contribution in [3.8, 4) is 0 Å². The normalized spacial score (nSPS) is 12.6. The fraction of sp³-hybridized carbons (Fsp3) is 0.409. The Hall–Kier alpha value is -2.18. The Morgan fingerprint density at radius 2 is 1.54 bits per heavy atom. The summed E-state index contributed by atoms with van der Waals surface area (Å²) >= 11 is 0. The van der Waals surface area contributed by atoms with Crippen LogP contribution >= 0.6 is 0 Å². The van der Waals surface area contributed by atoms with Crippen LogP contribution in [0.15, 0.2) is 35.2 Å². The van der Waals surface area contributed by atoms with Gasteiger partial charge in [0.15, 0.2) is 0 Å². The minimum atomic E-state index is -3.84. The first-order chi connectivity index (χ1) is 13.1. The van der Waals surface area contributed by atoms with Crippen molar-refractivity contribution >= 4 is 16.0 Å². The largest absolute Gasteiger partial charge is 0.466 e. The maximum atomic E-state index is 13.3. The van der Waals surface area contributed by atoms with E-state index < -0.39 is 22.0 Å². The third-order valence-electron chi connectivity index (χ3n) is 5.02. The van der Waals surface area contributed by atoms with Crippen molar-refractivity contribution in [3.63, 3.8) is 0 Å². The molecule has 2 aromatic rings. The predicted octanol–water partition coefficient (Wildman–Crippen LogP) is 4.20. The monoisotopic (exact) mass is 403 g/mol. The van der Waals surface area contributed by atoms with Crippen LogP contribution < -0.4 is 4.72 Å². The smallest absolute Gasteiger partial charge is 0.307 e. The van der Waals surface area contributed by atoms with Gasteiger partial charge < -0.3 is 4.74 Å². The molecule has 1 unspecified atom stereocenters. The van der Waals surface area contributed by atoms with Crippen LogP contribution in [-0.2, 0) is 19.6 Å². The van der Waals surface area contributed by atoms with E-state index in [1.807, 2.05) is 65.0 Å². The van der Waals surface area contributed by atoms with E-state index in [0.717, 1.165) is 33.4 Å².